The van der Waals surface area contributed by atoms with Crippen LogP contribution in [0.4, 0.5) is 5.69 Å². The molecule has 1 amide bonds. The van der Waals surface area contributed by atoms with Gasteiger partial charge in [0.2, 0.25) is 5.91 Å². The summed E-state index contributed by atoms with van der Waals surface area (Å²) in [5.41, 5.74) is 7.83. The molecular weight excluding hydrogens is 236 g/mol. The fourth-order valence-electron chi connectivity index (χ4n) is 1.82. The molecule has 0 spiro atoms. The van der Waals surface area contributed by atoms with Crippen molar-refractivity contribution in [2.24, 2.45) is 5.73 Å². The molecule has 0 saturated carbocycles. The maximum atomic E-state index is 12.1. The summed E-state index contributed by atoms with van der Waals surface area (Å²) in [6.45, 7) is 8.20. The molecule has 0 atom stereocenters. The lowest BCUT2D eigenvalue weighted by Gasteiger charge is -2.22. The molecule has 0 heterocycles. The highest BCUT2D eigenvalue weighted by molar-refractivity contribution is 5.92. The number of benzene rings is 1. The average molecular weight is 262 g/mol. The van der Waals surface area contributed by atoms with Crippen LogP contribution in [-0.4, -0.2) is 18.5 Å². The number of carbonyl (C=O) groups excluding carboxylic acids is 1. The summed E-state index contributed by atoms with van der Waals surface area (Å²) >= 11 is 0. The molecule has 0 aliphatic rings. The van der Waals surface area contributed by atoms with Gasteiger partial charge in [-0.2, -0.15) is 0 Å². The minimum Gasteiger partial charge on any atom is -0.326 e. The van der Waals surface area contributed by atoms with Crippen molar-refractivity contribution in [1.29, 1.82) is 0 Å². The Balaban J connectivity index is 2.66. The summed E-state index contributed by atoms with van der Waals surface area (Å²) in [6.07, 6.45) is 1.17. The maximum Gasteiger partial charge on any atom is 0.226 e. The Morgan fingerprint density at radius 2 is 1.79 bits per heavy atom. The van der Waals surface area contributed by atoms with Crippen molar-refractivity contribution in [2.75, 3.05) is 11.9 Å². The molecule has 3 nitrogen and oxygen atoms in total. The van der Waals surface area contributed by atoms with Gasteiger partial charge in [0, 0.05) is 24.7 Å². The van der Waals surface area contributed by atoms with E-state index in [1.165, 1.54) is 5.56 Å². The predicted molar refractivity (Wildman–Crippen MR) is 81.4 cm³/mol. The minimum atomic E-state index is -0.294. The molecule has 0 saturated heterocycles. The molecular formula is C16H26N2O. The van der Waals surface area contributed by atoms with Gasteiger partial charge in [-0.15, -0.1) is 0 Å². The van der Waals surface area contributed by atoms with Gasteiger partial charge in [-0.05, 0) is 43.9 Å². The highest BCUT2D eigenvalue weighted by Crippen LogP contribution is 2.20. The number of nitrogens with two attached hydrogens (primary N) is 1. The van der Waals surface area contributed by atoms with Crippen LogP contribution in [0.25, 0.3) is 0 Å². The summed E-state index contributed by atoms with van der Waals surface area (Å²) < 4.78 is 0. The van der Waals surface area contributed by atoms with Crippen molar-refractivity contribution < 1.29 is 4.79 Å². The summed E-state index contributed by atoms with van der Waals surface area (Å²) in [7, 11) is 1.82. The minimum absolute atomic E-state index is 0.107. The van der Waals surface area contributed by atoms with Crippen LogP contribution in [0.5, 0.6) is 0 Å². The van der Waals surface area contributed by atoms with E-state index >= 15 is 0 Å². The van der Waals surface area contributed by atoms with Crippen LogP contribution in [-0.2, 0) is 4.79 Å². The number of hydrogen-bond acceptors (Lipinski definition) is 2. The van der Waals surface area contributed by atoms with E-state index in [2.05, 4.69) is 26.0 Å². The molecule has 0 fully saturated rings. The zero-order valence-electron chi connectivity index (χ0n) is 12.7. The Morgan fingerprint density at radius 3 is 2.21 bits per heavy atom. The summed E-state index contributed by atoms with van der Waals surface area (Å²) in [6, 6.07) is 8.16. The standard InChI is InChI=1S/C16H26N2O/c1-12(2)13-6-8-14(9-7-13)18(5)15(19)10-11-16(3,4)17/h6-9,12H,10-11,17H2,1-5H3. The van der Waals surface area contributed by atoms with Crippen molar-refractivity contribution >= 4 is 11.6 Å². The highest BCUT2D eigenvalue weighted by atomic mass is 16.2. The van der Waals surface area contributed by atoms with Crippen molar-refractivity contribution in [1.82, 2.24) is 0 Å². The van der Waals surface area contributed by atoms with Gasteiger partial charge in [0.25, 0.3) is 0 Å². The largest absolute Gasteiger partial charge is 0.326 e. The molecule has 0 radical (unpaired) electrons. The van der Waals surface area contributed by atoms with Crippen LogP contribution in [0.2, 0.25) is 0 Å². The molecule has 19 heavy (non-hydrogen) atoms. The zero-order chi connectivity index (χ0) is 14.6. The molecule has 0 aromatic heterocycles. The van der Waals surface area contributed by atoms with Crippen LogP contribution in [0.15, 0.2) is 24.3 Å². The Labute approximate surface area is 116 Å². The van der Waals surface area contributed by atoms with Crippen LogP contribution in [0, 0.1) is 0 Å². The SMILES string of the molecule is CC(C)c1ccc(N(C)C(=O)CCC(C)(C)N)cc1. The summed E-state index contributed by atoms with van der Waals surface area (Å²) in [5.74, 6) is 0.615. The van der Waals surface area contributed by atoms with Gasteiger partial charge in [-0.1, -0.05) is 26.0 Å². The molecule has 2 N–H and O–H groups in total. The molecule has 0 bridgehead atoms. The van der Waals surface area contributed by atoms with E-state index in [9.17, 15) is 4.79 Å². The second kappa shape index (κ2) is 6.20. The molecule has 0 aliphatic heterocycles. The highest BCUT2D eigenvalue weighted by Gasteiger charge is 2.16. The lowest BCUT2D eigenvalue weighted by atomic mass is 9.99. The first-order valence-electron chi connectivity index (χ1n) is 6.86. The van der Waals surface area contributed by atoms with Gasteiger partial charge in [0.15, 0.2) is 0 Å². The molecule has 1 aromatic rings. The van der Waals surface area contributed by atoms with Gasteiger partial charge in [0.05, 0.1) is 0 Å². The Kier molecular flexibility index (Phi) is 5.12. The normalized spacial score (nSPS) is 11.7. The zero-order valence-corrected chi connectivity index (χ0v) is 12.7. The number of anilines is 1. The molecule has 106 valence electrons. The Morgan fingerprint density at radius 1 is 1.26 bits per heavy atom. The topological polar surface area (TPSA) is 46.3 Å². The van der Waals surface area contributed by atoms with E-state index in [1.807, 2.05) is 33.0 Å². The number of nitrogens with zero attached hydrogens (tertiary/aromatic N) is 1. The molecule has 3 heteroatoms. The summed E-state index contributed by atoms with van der Waals surface area (Å²) in [5, 5.41) is 0. The van der Waals surface area contributed by atoms with Gasteiger partial charge in [-0.25, -0.2) is 0 Å². The number of hydrogen-bond donors (Lipinski definition) is 1. The van der Waals surface area contributed by atoms with Gasteiger partial charge < -0.3 is 10.6 Å². The van der Waals surface area contributed by atoms with Crippen LogP contribution in [0.1, 0.15) is 52.0 Å². The number of carbonyl (C=O) groups is 1. The van der Waals surface area contributed by atoms with E-state index in [0.29, 0.717) is 18.8 Å². The van der Waals surface area contributed by atoms with Crippen molar-refractivity contribution in [3.05, 3.63) is 29.8 Å². The first kappa shape index (κ1) is 15.7. The van der Waals surface area contributed by atoms with Crippen molar-refractivity contribution in [2.45, 2.75) is 52.0 Å². The average Bonchev–Trinajstić information content (AvgIpc) is 2.34. The second-order valence-electron chi connectivity index (χ2n) is 6.19. The van der Waals surface area contributed by atoms with E-state index in [-0.39, 0.29) is 11.4 Å². The van der Waals surface area contributed by atoms with E-state index < -0.39 is 0 Å². The van der Waals surface area contributed by atoms with E-state index in [1.54, 1.807) is 4.90 Å². The quantitative estimate of drug-likeness (QED) is 0.885. The summed E-state index contributed by atoms with van der Waals surface area (Å²) in [4.78, 5) is 13.8. The predicted octanol–water partition coefficient (Wildman–Crippen LogP) is 3.29. The smallest absolute Gasteiger partial charge is 0.226 e. The van der Waals surface area contributed by atoms with Gasteiger partial charge in [0.1, 0.15) is 0 Å². The molecule has 0 aliphatic carbocycles. The number of amides is 1. The van der Waals surface area contributed by atoms with Crippen LogP contribution >= 0.6 is 0 Å². The Hall–Kier alpha value is -1.35. The molecule has 1 rings (SSSR count). The van der Waals surface area contributed by atoms with Crippen LogP contribution < -0.4 is 10.6 Å². The van der Waals surface area contributed by atoms with E-state index in [4.69, 9.17) is 5.73 Å². The molecule has 0 unspecified atom stereocenters. The monoisotopic (exact) mass is 262 g/mol. The van der Waals surface area contributed by atoms with Gasteiger partial charge in [-0.3, -0.25) is 4.79 Å². The fourth-order valence-corrected chi connectivity index (χ4v) is 1.82. The van der Waals surface area contributed by atoms with E-state index in [0.717, 1.165) is 5.69 Å². The fraction of sp³-hybridized carbons (Fsp3) is 0.562. The number of rotatable bonds is 5. The first-order valence-corrected chi connectivity index (χ1v) is 6.86. The maximum absolute atomic E-state index is 12.1. The third kappa shape index (κ3) is 5.03. The van der Waals surface area contributed by atoms with Crippen LogP contribution in [0.3, 0.4) is 0 Å². The first-order chi connectivity index (χ1) is 8.70. The second-order valence-corrected chi connectivity index (χ2v) is 6.19. The molecule has 1 aromatic carbocycles. The third-order valence-corrected chi connectivity index (χ3v) is 3.30. The lowest BCUT2D eigenvalue weighted by molar-refractivity contribution is -0.118. The van der Waals surface area contributed by atoms with Crippen molar-refractivity contribution in [3.63, 3.8) is 0 Å². The third-order valence-electron chi connectivity index (χ3n) is 3.30. The Bertz CT molecular complexity index is 415. The van der Waals surface area contributed by atoms with Crippen molar-refractivity contribution in [3.8, 4) is 0 Å². The lowest BCUT2D eigenvalue weighted by Crippen LogP contribution is -2.35. The van der Waals surface area contributed by atoms with Gasteiger partial charge >= 0.3 is 0 Å².